The largest absolute Gasteiger partial charge is 0.478 e. The molecule has 0 radical (unpaired) electrons. The molecule has 0 amide bonds. The van der Waals surface area contributed by atoms with Gasteiger partial charge in [-0.05, 0) is 30.3 Å². The van der Waals surface area contributed by atoms with Crippen LogP contribution in [0.5, 0.6) is 0 Å². The molecule has 1 aliphatic rings. The van der Waals surface area contributed by atoms with E-state index in [9.17, 15) is 24.6 Å². The fraction of sp³-hybridized carbons (Fsp3) is 0.0435. The summed E-state index contributed by atoms with van der Waals surface area (Å²) in [6.07, 6.45) is 0. The van der Waals surface area contributed by atoms with Crippen molar-refractivity contribution in [3.8, 4) is 11.3 Å². The highest BCUT2D eigenvalue weighted by Gasteiger charge is 2.30. The number of carboxylic acid groups (broad SMARTS) is 2. The standard InChI is InChI=1S/C23H15N3O5/c1-26-17-7-6-16(24-13-9-11(22(28)29)8-12(10-13)23(30)31)18-19(17)20(25-26)14-4-2-3-5-15(14)21(18)27/h2-10,24H,1H3,(H,28,29)(H,30,31). The molecule has 0 atom stereocenters. The zero-order valence-electron chi connectivity index (χ0n) is 16.2. The Morgan fingerprint density at radius 1 is 0.935 bits per heavy atom. The van der Waals surface area contributed by atoms with Crippen molar-refractivity contribution in [1.82, 2.24) is 9.78 Å². The lowest BCUT2D eigenvalue weighted by Gasteiger charge is -2.19. The molecule has 31 heavy (non-hydrogen) atoms. The van der Waals surface area contributed by atoms with Crippen LogP contribution < -0.4 is 5.32 Å². The Morgan fingerprint density at radius 2 is 1.58 bits per heavy atom. The Labute approximate surface area is 175 Å². The molecule has 3 N–H and O–H groups in total. The number of rotatable bonds is 4. The maximum atomic E-state index is 13.4. The zero-order valence-corrected chi connectivity index (χ0v) is 16.2. The molecular formula is C23H15N3O5. The first-order valence-electron chi connectivity index (χ1n) is 9.37. The van der Waals surface area contributed by atoms with E-state index in [0.717, 1.165) is 17.1 Å². The van der Waals surface area contributed by atoms with Gasteiger partial charge in [-0.2, -0.15) is 5.10 Å². The summed E-state index contributed by atoms with van der Waals surface area (Å²) in [5.74, 6) is -2.68. The van der Waals surface area contributed by atoms with Crippen molar-refractivity contribution in [2.24, 2.45) is 7.05 Å². The number of nitrogens with one attached hydrogen (secondary N) is 1. The van der Waals surface area contributed by atoms with Crippen LogP contribution >= 0.6 is 0 Å². The number of carboxylic acids is 2. The van der Waals surface area contributed by atoms with E-state index in [-0.39, 0.29) is 22.6 Å². The molecule has 5 rings (SSSR count). The third kappa shape index (κ3) is 2.77. The van der Waals surface area contributed by atoms with E-state index in [4.69, 9.17) is 0 Å². The van der Waals surface area contributed by atoms with E-state index in [1.54, 1.807) is 29.9 Å². The average Bonchev–Trinajstić information content (AvgIpc) is 3.09. The van der Waals surface area contributed by atoms with Crippen molar-refractivity contribution in [3.05, 3.63) is 76.9 Å². The number of anilines is 2. The highest BCUT2D eigenvalue weighted by atomic mass is 16.4. The Kier molecular flexibility index (Phi) is 3.91. The number of benzene rings is 3. The molecule has 3 aromatic carbocycles. The lowest BCUT2D eigenvalue weighted by Crippen LogP contribution is -2.12. The van der Waals surface area contributed by atoms with E-state index < -0.39 is 11.9 Å². The van der Waals surface area contributed by atoms with Crippen LogP contribution in [0.1, 0.15) is 36.6 Å². The third-order valence-electron chi connectivity index (χ3n) is 5.38. The summed E-state index contributed by atoms with van der Waals surface area (Å²) < 4.78 is 1.71. The van der Waals surface area contributed by atoms with E-state index >= 15 is 0 Å². The monoisotopic (exact) mass is 413 g/mol. The number of hydrogen-bond acceptors (Lipinski definition) is 5. The maximum absolute atomic E-state index is 13.4. The summed E-state index contributed by atoms with van der Waals surface area (Å²) >= 11 is 0. The number of aryl methyl sites for hydroxylation is 1. The first-order valence-corrected chi connectivity index (χ1v) is 9.37. The van der Waals surface area contributed by atoms with Crippen LogP contribution in [0.15, 0.2) is 54.6 Å². The second-order valence-electron chi connectivity index (χ2n) is 7.26. The number of hydrogen-bond donors (Lipinski definition) is 3. The molecule has 1 aromatic heterocycles. The number of fused-ring (bicyclic) bond motifs is 2. The normalized spacial score (nSPS) is 12.0. The zero-order chi connectivity index (χ0) is 21.9. The van der Waals surface area contributed by atoms with Crippen molar-refractivity contribution < 1.29 is 24.6 Å². The van der Waals surface area contributed by atoms with Gasteiger partial charge in [0.2, 0.25) is 0 Å². The van der Waals surface area contributed by atoms with Gasteiger partial charge in [0.1, 0.15) is 5.69 Å². The third-order valence-corrected chi connectivity index (χ3v) is 5.38. The van der Waals surface area contributed by atoms with Gasteiger partial charge in [-0.3, -0.25) is 9.48 Å². The SMILES string of the molecule is Cn1nc2c3c(c(Nc4cc(C(=O)O)cc(C(=O)O)c4)ccc31)C(=O)c1ccccc1-2. The summed E-state index contributed by atoms with van der Waals surface area (Å²) in [7, 11) is 1.80. The van der Waals surface area contributed by atoms with Gasteiger partial charge < -0.3 is 15.5 Å². The van der Waals surface area contributed by atoms with Crippen molar-refractivity contribution in [1.29, 1.82) is 0 Å². The topological polar surface area (TPSA) is 122 Å². The molecule has 0 aliphatic heterocycles. The molecule has 0 unspecified atom stereocenters. The van der Waals surface area contributed by atoms with Crippen LogP contribution in [-0.2, 0) is 7.05 Å². The molecule has 4 aromatic rings. The molecule has 1 aliphatic carbocycles. The summed E-state index contributed by atoms with van der Waals surface area (Å²) in [6.45, 7) is 0. The lowest BCUT2D eigenvalue weighted by atomic mass is 9.86. The Hall–Kier alpha value is -4.46. The van der Waals surface area contributed by atoms with E-state index in [2.05, 4.69) is 10.4 Å². The highest BCUT2D eigenvalue weighted by Crippen LogP contribution is 2.42. The summed E-state index contributed by atoms with van der Waals surface area (Å²) in [6, 6.07) is 14.5. The smallest absolute Gasteiger partial charge is 0.335 e. The van der Waals surface area contributed by atoms with Gasteiger partial charge in [-0.1, -0.05) is 24.3 Å². The minimum absolute atomic E-state index is 0.170. The molecule has 8 nitrogen and oxygen atoms in total. The fourth-order valence-corrected chi connectivity index (χ4v) is 4.01. The molecule has 0 spiro atoms. The van der Waals surface area contributed by atoms with Gasteiger partial charge in [0.25, 0.3) is 0 Å². The molecule has 0 saturated heterocycles. The highest BCUT2D eigenvalue weighted by molar-refractivity contribution is 6.27. The summed E-state index contributed by atoms with van der Waals surface area (Å²) in [4.78, 5) is 36.3. The number of aromatic carboxylic acids is 2. The maximum Gasteiger partial charge on any atom is 0.335 e. The second kappa shape index (κ2) is 6.53. The number of ketones is 1. The molecule has 1 heterocycles. The van der Waals surface area contributed by atoms with Crippen molar-refractivity contribution in [2.75, 3.05) is 5.32 Å². The van der Waals surface area contributed by atoms with Crippen molar-refractivity contribution in [3.63, 3.8) is 0 Å². The Bertz CT molecular complexity index is 1420. The summed E-state index contributed by atoms with van der Waals surface area (Å²) in [5, 5.41) is 27.0. The van der Waals surface area contributed by atoms with Gasteiger partial charge in [-0.15, -0.1) is 0 Å². The molecule has 8 heteroatoms. The van der Waals surface area contributed by atoms with Crippen LogP contribution in [-0.4, -0.2) is 37.7 Å². The van der Waals surface area contributed by atoms with Crippen LogP contribution in [0, 0.1) is 0 Å². The predicted molar refractivity (Wildman–Crippen MR) is 113 cm³/mol. The Morgan fingerprint density at radius 3 is 2.23 bits per heavy atom. The predicted octanol–water partition coefficient (Wildman–Crippen LogP) is 3.92. The quantitative estimate of drug-likeness (QED) is 0.408. The van der Waals surface area contributed by atoms with Crippen LogP contribution in [0.25, 0.3) is 22.2 Å². The number of nitrogens with zero attached hydrogens (tertiary/aromatic N) is 2. The molecule has 0 bridgehead atoms. The first kappa shape index (κ1) is 18.6. The molecule has 0 saturated carbocycles. The van der Waals surface area contributed by atoms with Gasteiger partial charge in [0.15, 0.2) is 5.78 Å². The van der Waals surface area contributed by atoms with E-state index in [0.29, 0.717) is 27.9 Å². The number of aromatic nitrogens is 2. The summed E-state index contributed by atoms with van der Waals surface area (Å²) in [5.41, 5.74) is 3.52. The van der Waals surface area contributed by atoms with E-state index in [1.807, 2.05) is 18.2 Å². The van der Waals surface area contributed by atoms with Crippen molar-refractivity contribution >= 4 is 40.0 Å². The van der Waals surface area contributed by atoms with Crippen molar-refractivity contribution in [2.45, 2.75) is 0 Å². The molecule has 152 valence electrons. The van der Waals surface area contributed by atoms with Crippen LogP contribution in [0.2, 0.25) is 0 Å². The van der Waals surface area contributed by atoms with E-state index in [1.165, 1.54) is 12.1 Å². The van der Waals surface area contributed by atoms with Gasteiger partial charge in [0, 0.05) is 29.2 Å². The fourth-order valence-electron chi connectivity index (χ4n) is 4.01. The van der Waals surface area contributed by atoms with Crippen LogP contribution in [0.4, 0.5) is 11.4 Å². The minimum atomic E-state index is -1.25. The minimum Gasteiger partial charge on any atom is -0.478 e. The second-order valence-corrected chi connectivity index (χ2v) is 7.26. The molecular weight excluding hydrogens is 398 g/mol. The molecule has 0 fully saturated rings. The first-order chi connectivity index (χ1) is 14.8. The van der Waals surface area contributed by atoms with Crippen LogP contribution in [0.3, 0.4) is 0 Å². The number of carbonyl (C=O) groups excluding carboxylic acids is 1. The van der Waals surface area contributed by atoms with Gasteiger partial charge >= 0.3 is 11.9 Å². The van der Waals surface area contributed by atoms with Gasteiger partial charge in [-0.25, -0.2) is 9.59 Å². The number of carbonyl (C=O) groups is 3. The average molecular weight is 413 g/mol. The Balaban J connectivity index is 1.73. The van der Waals surface area contributed by atoms with Gasteiger partial charge in [0.05, 0.1) is 27.9 Å². The lowest BCUT2D eigenvalue weighted by molar-refractivity contribution is 0.0696.